The van der Waals surface area contributed by atoms with Gasteiger partial charge in [-0.1, -0.05) is 41.9 Å². The molecule has 0 aliphatic heterocycles. The van der Waals surface area contributed by atoms with E-state index in [1.54, 1.807) is 0 Å². The second kappa shape index (κ2) is 4.99. The van der Waals surface area contributed by atoms with E-state index in [4.69, 9.17) is 11.6 Å². The maximum absolute atomic E-state index is 10.4. The van der Waals surface area contributed by atoms with Gasteiger partial charge in [0, 0.05) is 5.02 Å². The number of aryl methyl sites for hydroxylation is 1. The highest BCUT2D eigenvalue weighted by Gasteiger charge is 2.28. The zero-order chi connectivity index (χ0) is 13.4. The fourth-order valence-corrected chi connectivity index (χ4v) is 3.12. The van der Waals surface area contributed by atoms with Crippen molar-refractivity contribution in [3.8, 4) is 0 Å². The number of aliphatic hydroxyl groups excluding tert-OH is 1. The van der Waals surface area contributed by atoms with E-state index in [2.05, 4.69) is 24.3 Å². The lowest BCUT2D eigenvalue weighted by molar-refractivity contribution is 0.153. The Labute approximate surface area is 118 Å². The maximum atomic E-state index is 10.4. The van der Waals surface area contributed by atoms with E-state index in [0.29, 0.717) is 10.9 Å². The first kappa shape index (κ1) is 12.7. The van der Waals surface area contributed by atoms with Gasteiger partial charge in [-0.05, 0) is 60.1 Å². The van der Waals surface area contributed by atoms with Gasteiger partial charge in [0.15, 0.2) is 0 Å². The molecular formula is C17H17ClO. The summed E-state index contributed by atoms with van der Waals surface area (Å²) in [4.78, 5) is 0. The number of hydrogen-bond donors (Lipinski definition) is 1. The first-order chi connectivity index (χ1) is 9.15. The van der Waals surface area contributed by atoms with Gasteiger partial charge in [0.2, 0.25) is 0 Å². The van der Waals surface area contributed by atoms with Crippen LogP contribution in [0.3, 0.4) is 0 Å². The summed E-state index contributed by atoms with van der Waals surface area (Å²) in [5.41, 5.74) is 4.87. The molecule has 1 aliphatic carbocycles. The fourth-order valence-electron chi connectivity index (χ4n) is 2.94. The number of aliphatic hydroxyl groups is 1. The second-order valence-electron chi connectivity index (χ2n) is 5.35. The Hall–Kier alpha value is -1.31. The number of fused-ring (bicyclic) bond motifs is 1. The van der Waals surface area contributed by atoms with Crippen molar-refractivity contribution >= 4 is 11.6 Å². The molecule has 2 aromatic rings. The van der Waals surface area contributed by atoms with E-state index < -0.39 is 6.10 Å². The van der Waals surface area contributed by atoms with E-state index >= 15 is 0 Å². The molecular weight excluding hydrogens is 256 g/mol. The van der Waals surface area contributed by atoms with Crippen molar-refractivity contribution in [1.29, 1.82) is 0 Å². The largest absolute Gasteiger partial charge is 0.388 e. The summed E-state index contributed by atoms with van der Waals surface area (Å²) in [5.74, 6) is 0.476. The lowest BCUT2D eigenvalue weighted by Gasteiger charge is -2.32. The average Bonchev–Trinajstić information content (AvgIpc) is 2.38. The van der Waals surface area contributed by atoms with Crippen LogP contribution in [0.5, 0.6) is 0 Å². The predicted octanol–water partition coefficient (Wildman–Crippen LogP) is 4.41. The Morgan fingerprint density at radius 2 is 2.05 bits per heavy atom. The quantitative estimate of drug-likeness (QED) is 0.877. The van der Waals surface area contributed by atoms with Gasteiger partial charge < -0.3 is 5.11 Å². The number of halogens is 1. The highest BCUT2D eigenvalue weighted by molar-refractivity contribution is 6.30. The minimum Gasteiger partial charge on any atom is -0.388 e. The first-order valence-corrected chi connectivity index (χ1v) is 7.05. The van der Waals surface area contributed by atoms with Crippen molar-refractivity contribution in [1.82, 2.24) is 0 Å². The molecule has 3 rings (SSSR count). The molecule has 1 nitrogen and oxygen atoms in total. The third-order valence-corrected chi connectivity index (χ3v) is 4.30. The van der Waals surface area contributed by atoms with Crippen molar-refractivity contribution in [3.05, 3.63) is 69.7 Å². The topological polar surface area (TPSA) is 20.2 Å². The van der Waals surface area contributed by atoms with Crippen LogP contribution in [-0.2, 0) is 6.42 Å². The van der Waals surface area contributed by atoms with Crippen LogP contribution >= 0.6 is 11.6 Å². The molecule has 0 saturated carbocycles. The summed E-state index contributed by atoms with van der Waals surface area (Å²) in [5, 5.41) is 11.1. The Kier molecular flexibility index (Phi) is 3.34. The van der Waals surface area contributed by atoms with Gasteiger partial charge in [-0.3, -0.25) is 0 Å². The predicted molar refractivity (Wildman–Crippen MR) is 78.7 cm³/mol. The van der Waals surface area contributed by atoms with E-state index in [1.165, 1.54) is 11.1 Å². The van der Waals surface area contributed by atoms with Crippen molar-refractivity contribution < 1.29 is 5.11 Å². The highest BCUT2D eigenvalue weighted by atomic mass is 35.5. The van der Waals surface area contributed by atoms with Crippen molar-refractivity contribution in [2.24, 2.45) is 0 Å². The molecule has 1 N–H and O–H groups in total. The van der Waals surface area contributed by atoms with Crippen LogP contribution in [0.4, 0.5) is 0 Å². The molecule has 0 heterocycles. The second-order valence-corrected chi connectivity index (χ2v) is 5.79. The standard InChI is InChI=1S/C17H17ClO/c1-11-6-7-14(18)10-16(11)17(19)9-13-8-12-4-2-3-5-15(12)13/h2-7,10,13,17,19H,8-9H2,1H3. The summed E-state index contributed by atoms with van der Waals surface area (Å²) in [6, 6.07) is 14.2. The fraction of sp³-hybridized carbons (Fsp3) is 0.294. The molecule has 2 atom stereocenters. The Morgan fingerprint density at radius 3 is 2.84 bits per heavy atom. The smallest absolute Gasteiger partial charge is 0.0799 e. The Morgan fingerprint density at radius 1 is 1.26 bits per heavy atom. The monoisotopic (exact) mass is 272 g/mol. The third kappa shape index (κ3) is 2.41. The number of benzene rings is 2. The van der Waals surface area contributed by atoms with Gasteiger partial charge in [0.05, 0.1) is 6.10 Å². The minimum absolute atomic E-state index is 0.433. The molecule has 0 spiro atoms. The normalized spacial score (nSPS) is 18.6. The van der Waals surface area contributed by atoms with Gasteiger partial charge in [-0.2, -0.15) is 0 Å². The molecule has 0 saturated heterocycles. The third-order valence-electron chi connectivity index (χ3n) is 4.07. The van der Waals surface area contributed by atoms with Crippen LogP contribution in [0.15, 0.2) is 42.5 Å². The van der Waals surface area contributed by atoms with Crippen LogP contribution in [0, 0.1) is 6.92 Å². The summed E-state index contributed by atoms with van der Waals surface area (Å²) in [6.07, 6.45) is 1.42. The molecule has 0 bridgehead atoms. The molecule has 0 radical (unpaired) electrons. The van der Waals surface area contributed by atoms with Crippen LogP contribution < -0.4 is 0 Å². The Bertz CT molecular complexity index is 606. The highest BCUT2D eigenvalue weighted by Crippen LogP contribution is 2.41. The van der Waals surface area contributed by atoms with E-state index in [-0.39, 0.29) is 0 Å². The molecule has 0 aromatic heterocycles. The van der Waals surface area contributed by atoms with Gasteiger partial charge in [-0.25, -0.2) is 0 Å². The van der Waals surface area contributed by atoms with Gasteiger partial charge in [0.25, 0.3) is 0 Å². The first-order valence-electron chi connectivity index (χ1n) is 6.67. The van der Waals surface area contributed by atoms with Crippen molar-refractivity contribution in [2.45, 2.75) is 31.8 Å². The molecule has 98 valence electrons. The molecule has 2 aromatic carbocycles. The summed E-state index contributed by atoms with van der Waals surface area (Å²) < 4.78 is 0. The summed E-state index contributed by atoms with van der Waals surface area (Å²) in [7, 11) is 0. The average molecular weight is 273 g/mol. The van der Waals surface area contributed by atoms with E-state index in [0.717, 1.165) is 24.0 Å². The van der Waals surface area contributed by atoms with E-state index in [1.807, 2.05) is 25.1 Å². The molecule has 0 amide bonds. The van der Waals surface area contributed by atoms with Crippen LogP contribution in [0.1, 0.15) is 40.7 Å². The van der Waals surface area contributed by atoms with Crippen molar-refractivity contribution in [3.63, 3.8) is 0 Å². The summed E-state index contributed by atoms with van der Waals surface area (Å²) in [6.45, 7) is 2.02. The molecule has 1 aliphatic rings. The summed E-state index contributed by atoms with van der Waals surface area (Å²) >= 11 is 6.02. The lowest BCUT2D eigenvalue weighted by atomic mass is 9.74. The lowest BCUT2D eigenvalue weighted by Crippen LogP contribution is -2.19. The minimum atomic E-state index is -0.433. The molecule has 2 heteroatoms. The van der Waals surface area contributed by atoms with E-state index in [9.17, 15) is 5.11 Å². The van der Waals surface area contributed by atoms with Gasteiger partial charge in [-0.15, -0.1) is 0 Å². The number of hydrogen-bond acceptors (Lipinski definition) is 1. The van der Waals surface area contributed by atoms with Gasteiger partial charge >= 0.3 is 0 Å². The van der Waals surface area contributed by atoms with Gasteiger partial charge in [0.1, 0.15) is 0 Å². The molecule has 0 fully saturated rings. The van der Waals surface area contributed by atoms with Crippen molar-refractivity contribution in [2.75, 3.05) is 0 Å². The van der Waals surface area contributed by atoms with Crippen LogP contribution in [0.25, 0.3) is 0 Å². The SMILES string of the molecule is Cc1ccc(Cl)cc1C(O)CC1Cc2ccccc21. The molecule has 19 heavy (non-hydrogen) atoms. The van der Waals surface area contributed by atoms with Crippen LogP contribution in [-0.4, -0.2) is 5.11 Å². The Balaban J connectivity index is 1.76. The number of rotatable bonds is 3. The zero-order valence-corrected chi connectivity index (χ0v) is 11.7. The zero-order valence-electron chi connectivity index (χ0n) is 10.9. The van der Waals surface area contributed by atoms with Crippen LogP contribution in [0.2, 0.25) is 5.02 Å². The molecule has 2 unspecified atom stereocenters. The maximum Gasteiger partial charge on any atom is 0.0799 e.